The van der Waals surface area contributed by atoms with Crippen molar-refractivity contribution in [2.45, 2.75) is 51.1 Å². The van der Waals surface area contributed by atoms with Crippen LogP contribution in [0.3, 0.4) is 0 Å². The van der Waals surface area contributed by atoms with E-state index in [2.05, 4.69) is 29.0 Å². The molecule has 5 nitrogen and oxygen atoms in total. The van der Waals surface area contributed by atoms with Gasteiger partial charge in [0.1, 0.15) is 6.04 Å². The smallest absolute Gasteiger partial charge is 0.318 e. The second kappa shape index (κ2) is 6.69. The molecule has 1 fully saturated rings. The standard InChI is InChI=1S/C16H23N3O2S/c1-2-13-11-7-10-22-14(11)6-9-19(13)16(21)18-12-5-3-4-8-17-15(12)20/h7,10,12-13H,2-6,8-9H2,1H3,(H,17,20)(H,18,21)/t12-,13-/m1/s1. The van der Waals surface area contributed by atoms with E-state index in [1.807, 2.05) is 4.90 Å². The minimum atomic E-state index is -0.392. The van der Waals surface area contributed by atoms with Gasteiger partial charge in [-0.15, -0.1) is 11.3 Å². The lowest BCUT2D eigenvalue weighted by Crippen LogP contribution is -2.52. The van der Waals surface area contributed by atoms with Gasteiger partial charge in [-0.2, -0.15) is 0 Å². The maximum Gasteiger partial charge on any atom is 0.318 e. The molecule has 2 aliphatic rings. The predicted molar refractivity (Wildman–Crippen MR) is 86.9 cm³/mol. The molecule has 0 saturated carbocycles. The first-order chi connectivity index (χ1) is 10.7. The fourth-order valence-electron chi connectivity index (χ4n) is 3.39. The number of hydrogen-bond acceptors (Lipinski definition) is 3. The third-order valence-corrected chi connectivity index (χ3v) is 5.57. The van der Waals surface area contributed by atoms with Gasteiger partial charge in [0.15, 0.2) is 0 Å². The second-order valence-electron chi connectivity index (χ2n) is 5.96. The Morgan fingerprint density at radius 3 is 3.18 bits per heavy atom. The maximum atomic E-state index is 12.7. The van der Waals surface area contributed by atoms with Crippen LogP contribution >= 0.6 is 11.3 Å². The molecule has 0 unspecified atom stereocenters. The van der Waals surface area contributed by atoms with Crippen molar-refractivity contribution in [2.24, 2.45) is 0 Å². The van der Waals surface area contributed by atoms with E-state index in [1.54, 1.807) is 11.3 Å². The molecule has 1 saturated heterocycles. The molecule has 3 rings (SSSR count). The zero-order valence-electron chi connectivity index (χ0n) is 12.9. The van der Waals surface area contributed by atoms with Crippen molar-refractivity contribution >= 4 is 23.3 Å². The summed E-state index contributed by atoms with van der Waals surface area (Å²) in [7, 11) is 0. The quantitative estimate of drug-likeness (QED) is 0.879. The Bertz CT molecular complexity index is 557. The van der Waals surface area contributed by atoms with E-state index in [1.165, 1.54) is 10.4 Å². The normalized spacial score (nSPS) is 25.1. The Balaban J connectivity index is 1.70. The van der Waals surface area contributed by atoms with E-state index in [4.69, 9.17) is 0 Å². The lowest BCUT2D eigenvalue weighted by Gasteiger charge is -2.36. The number of amides is 3. The van der Waals surface area contributed by atoms with Gasteiger partial charge in [-0.05, 0) is 49.1 Å². The first kappa shape index (κ1) is 15.3. The highest BCUT2D eigenvalue weighted by atomic mass is 32.1. The van der Waals surface area contributed by atoms with Crippen molar-refractivity contribution in [3.63, 3.8) is 0 Å². The van der Waals surface area contributed by atoms with Crippen LogP contribution < -0.4 is 10.6 Å². The van der Waals surface area contributed by atoms with Crippen LogP contribution in [0.1, 0.15) is 49.1 Å². The Morgan fingerprint density at radius 1 is 1.50 bits per heavy atom. The zero-order valence-corrected chi connectivity index (χ0v) is 13.7. The van der Waals surface area contributed by atoms with Crippen LogP contribution in [0, 0.1) is 0 Å². The molecule has 0 bridgehead atoms. The van der Waals surface area contributed by atoms with E-state index in [0.717, 1.165) is 38.6 Å². The monoisotopic (exact) mass is 321 g/mol. The van der Waals surface area contributed by atoms with Crippen molar-refractivity contribution in [3.8, 4) is 0 Å². The first-order valence-electron chi connectivity index (χ1n) is 8.11. The second-order valence-corrected chi connectivity index (χ2v) is 6.96. The Labute approximate surface area is 135 Å². The SMILES string of the molecule is CC[C@@H]1c2ccsc2CCN1C(=O)N[C@@H]1CCCCNC1=O. The lowest BCUT2D eigenvalue weighted by atomic mass is 9.98. The van der Waals surface area contributed by atoms with Crippen LogP contribution in [0.15, 0.2) is 11.4 Å². The third-order valence-electron chi connectivity index (χ3n) is 4.58. The summed E-state index contributed by atoms with van der Waals surface area (Å²) < 4.78 is 0. The zero-order chi connectivity index (χ0) is 15.5. The number of fused-ring (bicyclic) bond motifs is 1. The molecule has 2 atom stereocenters. The highest BCUT2D eigenvalue weighted by molar-refractivity contribution is 7.10. The van der Waals surface area contributed by atoms with E-state index in [-0.39, 0.29) is 18.0 Å². The molecule has 2 aliphatic heterocycles. The fraction of sp³-hybridized carbons (Fsp3) is 0.625. The molecule has 120 valence electrons. The maximum absolute atomic E-state index is 12.7. The van der Waals surface area contributed by atoms with Crippen molar-refractivity contribution in [3.05, 3.63) is 21.9 Å². The van der Waals surface area contributed by atoms with Crippen molar-refractivity contribution in [2.75, 3.05) is 13.1 Å². The summed E-state index contributed by atoms with van der Waals surface area (Å²) in [5.74, 6) is -0.0490. The number of hydrogen-bond donors (Lipinski definition) is 2. The summed E-state index contributed by atoms with van der Waals surface area (Å²) in [6.07, 6.45) is 4.49. The largest absolute Gasteiger partial charge is 0.354 e. The topological polar surface area (TPSA) is 61.4 Å². The molecule has 0 spiro atoms. The average Bonchev–Trinajstić information content (AvgIpc) is 2.91. The van der Waals surface area contributed by atoms with Gasteiger partial charge in [-0.1, -0.05) is 6.92 Å². The van der Waals surface area contributed by atoms with E-state index < -0.39 is 6.04 Å². The van der Waals surface area contributed by atoms with Gasteiger partial charge in [0.2, 0.25) is 5.91 Å². The Kier molecular flexibility index (Phi) is 4.66. The minimum Gasteiger partial charge on any atom is -0.354 e. The number of thiophene rings is 1. The molecule has 1 aromatic heterocycles. The summed E-state index contributed by atoms with van der Waals surface area (Å²) in [5, 5.41) is 7.92. The summed E-state index contributed by atoms with van der Waals surface area (Å²) in [4.78, 5) is 27.9. The van der Waals surface area contributed by atoms with Crippen LogP contribution in [0.5, 0.6) is 0 Å². The van der Waals surface area contributed by atoms with Crippen LogP contribution in [-0.2, 0) is 11.2 Å². The van der Waals surface area contributed by atoms with Crippen LogP contribution in [0.25, 0.3) is 0 Å². The van der Waals surface area contributed by atoms with Gasteiger partial charge in [0.25, 0.3) is 0 Å². The first-order valence-corrected chi connectivity index (χ1v) is 8.99. The molecule has 0 aliphatic carbocycles. The number of rotatable bonds is 2. The van der Waals surface area contributed by atoms with Crippen molar-refractivity contribution in [1.82, 2.24) is 15.5 Å². The third kappa shape index (κ3) is 2.97. The van der Waals surface area contributed by atoms with E-state index >= 15 is 0 Å². The number of carbonyl (C=O) groups is 2. The van der Waals surface area contributed by atoms with Crippen LogP contribution in [-0.4, -0.2) is 36.0 Å². The predicted octanol–water partition coefficient (Wildman–Crippen LogP) is 2.44. The van der Waals surface area contributed by atoms with Gasteiger partial charge in [-0.25, -0.2) is 4.79 Å². The molecule has 2 N–H and O–H groups in total. The van der Waals surface area contributed by atoms with Gasteiger partial charge < -0.3 is 15.5 Å². The minimum absolute atomic E-state index is 0.0490. The van der Waals surface area contributed by atoms with Crippen LogP contribution in [0.4, 0.5) is 4.79 Å². The van der Waals surface area contributed by atoms with Gasteiger partial charge in [0.05, 0.1) is 6.04 Å². The Hall–Kier alpha value is -1.56. The fourth-order valence-corrected chi connectivity index (χ4v) is 4.32. The van der Waals surface area contributed by atoms with E-state index in [9.17, 15) is 9.59 Å². The molecule has 3 heterocycles. The molecule has 0 radical (unpaired) electrons. The molecule has 22 heavy (non-hydrogen) atoms. The van der Waals surface area contributed by atoms with E-state index in [0.29, 0.717) is 6.54 Å². The molecule has 3 amide bonds. The molecule has 0 aromatic carbocycles. The van der Waals surface area contributed by atoms with Crippen LogP contribution in [0.2, 0.25) is 0 Å². The summed E-state index contributed by atoms with van der Waals surface area (Å²) in [5.41, 5.74) is 1.28. The molecule has 6 heteroatoms. The van der Waals surface area contributed by atoms with Crippen molar-refractivity contribution < 1.29 is 9.59 Å². The van der Waals surface area contributed by atoms with Crippen molar-refractivity contribution in [1.29, 1.82) is 0 Å². The molecular weight excluding hydrogens is 298 g/mol. The van der Waals surface area contributed by atoms with Gasteiger partial charge in [0, 0.05) is 18.0 Å². The van der Waals surface area contributed by atoms with Gasteiger partial charge in [-0.3, -0.25) is 4.79 Å². The highest BCUT2D eigenvalue weighted by Crippen LogP contribution is 2.35. The molecule has 1 aromatic rings. The number of urea groups is 1. The molecular formula is C16H23N3O2S. The lowest BCUT2D eigenvalue weighted by molar-refractivity contribution is -0.122. The summed E-state index contributed by atoms with van der Waals surface area (Å²) >= 11 is 1.77. The summed E-state index contributed by atoms with van der Waals surface area (Å²) in [6.45, 7) is 3.55. The number of nitrogens with zero attached hydrogens (tertiary/aromatic N) is 1. The number of nitrogens with one attached hydrogen (secondary N) is 2. The van der Waals surface area contributed by atoms with Gasteiger partial charge >= 0.3 is 6.03 Å². The highest BCUT2D eigenvalue weighted by Gasteiger charge is 2.32. The average molecular weight is 321 g/mol. The number of carbonyl (C=O) groups excluding carboxylic acids is 2. The Morgan fingerprint density at radius 2 is 2.36 bits per heavy atom. The summed E-state index contributed by atoms with van der Waals surface area (Å²) in [6, 6.07) is 1.76.